The molecule has 2 N–H and O–H groups in total. The number of carbonyl (C=O) groups is 2. The summed E-state index contributed by atoms with van der Waals surface area (Å²) in [5.41, 5.74) is 1.37. The Bertz CT molecular complexity index is 954. The third-order valence-corrected chi connectivity index (χ3v) is 3.73. The minimum atomic E-state index is -0.839. The van der Waals surface area contributed by atoms with Gasteiger partial charge in [0.2, 0.25) is 0 Å². The van der Waals surface area contributed by atoms with Crippen LogP contribution in [0.3, 0.4) is 0 Å². The monoisotopic (exact) mass is 355 g/mol. The largest absolute Gasteiger partial charge is 0.495 e. The number of halogens is 1. The van der Waals surface area contributed by atoms with Gasteiger partial charge in [0, 0.05) is 16.6 Å². The molecule has 7 heteroatoms. The van der Waals surface area contributed by atoms with Crippen LogP contribution in [0.4, 0.5) is 11.4 Å². The number of ether oxygens (including phenoxy) is 1. The Hall–Kier alpha value is -3.12. The zero-order chi connectivity index (χ0) is 17.8. The van der Waals surface area contributed by atoms with Gasteiger partial charge in [-0.15, -0.1) is 0 Å². The average Bonchev–Trinajstić information content (AvgIpc) is 2.62. The lowest BCUT2D eigenvalue weighted by molar-refractivity contribution is -0.132. The molecule has 0 bridgehead atoms. The molecular formula is C18H14ClN3O3. The second-order valence-electron chi connectivity index (χ2n) is 5.13. The number of carbonyl (C=O) groups excluding carboxylic acids is 2. The molecule has 126 valence electrons. The summed E-state index contributed by atoms with van der Waals surface area (Å²) in [5.74, 6) is -1.26. The van der Waals surface area contributed by atoms with Gasteiger partial charge in [0.1, 0.15) is 5.75 Å². The molecule has 2 aromatic carbocycles. The Labute approximate surface area is 148 Å². The molecule has 25 heavy (non-hydrogen) atoms. The lowest BCUT2D eigenvalue weighted by atomic mass is 10.2. The van der Waals surface area contributed by atoms with Crippen LogP contribution in [-0.2, 0) is 9.59 Å². The number of benzene rings is 2. The summed E-state index contributed by atoms with van der Waals surface area (Å²) >= 11 is 5.92. The molecule has 1 heterocycles. The number of anilines is 2. The Kier molecular flexibility index (Phi) is 4.81. The molecule has 0 saturated heterocycles. The molecule has 0 radical (unpaired) electrons. The fraction of sp³-hybridized carbons (Fsp3) is 0.0556. The van der Waals surface area contributed by atoms with E-state index in [0.29, 0.717) is 27.7 Å². The fourth-order valence-corrected chi connectivity index (χ4v) is 2.51. The van der Waals surface area contributed by atoms with E-state index in [4.69, 9.17) is 16.3 Å². The van der Waals surface area contributed by atoms with E-state index in [-0.39, 0.29) is 0 Å². The lowest BCUT2D eigenvalue weighted by Crippen LogP contribution is -2.29. The number of aromatic nitrogens is 1. The summed E-state index contributed by atoms with van der Waals surface area (Å²) in [6.45, 7) is 0. The standard InChI is InChI=1S/C18H14ClN3O3/c1-25-15-8-7-12(19)10-14(15)22-18(24)17(23)21-13-6-2-4-11-5-3-9-20-16(11)13/h2-10H,1H3,(H,21,23)(H,22,24). The van der Waals surface area contributed by atoms with E-state index in [1.165, 1.54) is 13.2 Å². The first-order valence-corrected chi connectivity index (χ1v) is 7.76. The topological polar surface area (TPSA) is 80.3 Å². The summed E-state index contributed by atoms with van der Waals surface area (Å²) < 4.78 is 5.14. The highest BCUT2D eigenvalue weighted by Gasteiger charge is 2.17. The molecule has 0 aliphatic rings. The highest BCUT2D eigenvalue weighted by Crippen LogP contribution is 2.27. The van der Waals surface area contributed by atoms with Gasteiger partial charge in [-0.25, -0.2) is 0 Å². The zero-order valence-corrected chi connectivity index (χ0v) is 14.0. The van der Waals surface area contributed by atoms with Crippen molar-refractivity contribution in [2.24, 2.45) is 0 Å². The smallest absolute Gasteiger partial charge is 0.314 e. The number of para-hydroxylation sites is 1. The van der Waals surface area contributed by atoms with Crippen LogP contribution in [0, 0.1) is 0 Å². The van der Waals surface area contributed by atoms with Gasteiger partial charge in [0.25, 0.3) is 0 Å². The van der Waals surface area contributed by atoms with E-state index >= 15 is 0 Å². The van der Waals surface area contributed by atoms with Gasteiger partial charge < -0.3 is 15.4 Å². The van der Waals surface area contributed by atoms with E-state index in [1.54, 1.807) is 36.5 Å². The van der Waals surface area contributed by atoms with Gasteiger partial charge in [-0.2, -0.15) is 0 Å². The van der Waals surface area contributed by atoms with E-state index in [9.17, 15) is 9.59 Å². The molecule has 0 spiro atoms. The Balaban J connectivity index is 1.79. The summed E-state index contributed by atoms with van der Waals surface area (Å²) in [4.78, 5) is 28.6. The minimum Gasteiger partial charge on any atom is -0.495 e. The summed E-state index contributed by atoms with van der Waals surface area (Å²) in [6, 6.07) is 13.7. The molecule has 0 saturated carbocycles. The van der Waals surface area contributed by atoms with Crippen molar-refractivity contribution in [3.63, 3.8) is 0 Å². The molecule has 2 amide bonds. The van der Waals surface area contributed by atoms with Crippen molar-refractivity contribution >= 4 is 45.7 Å². The SMILES string of the molecule is COc1ccc(Cl)cc1NC(=O)C(=O)Nc1cccc2cccnc12. The van der Waals surface area contributed by atoms with Crippen LogP contribution >= 0.6 is 11.6 Å². The molecule has 0 fully saturated rings. The summed E-state index contributed by atoms with van der Waals surface area (Å²) in [7, 11) is 1.46. The quantitative estimate of drug-likeness (QED) is 0.705. The molecule has 0 aliphatic heterocycles. The number of methoxy groups -OCH3 is 1. The molecule has 6 nitrogen and oxygen atoms in total. The van der Waals surface area contributed by atoms with Gasteiger partial charge in [-0.3, -0.25) is 14.6 Å². The summed E-state index contributed by atoms with van der Waals surface area (Å²) in [6.07, 6.45) is 1.62. The second-order valence-corrected chi connectivity index (χ2v) is 5.57. The molecular weight excluding hydrogens is 342 g/mol. The number of rotatable bonds is 3. The summed E-state index contributed by atoms with van der Waals surface area (Å²) in [5, 5.41) is 6.33. The molecule has 0 aliphatic carbocycles. The number of nitrogens with one attached hydrogen (secondary N) is 2. The van der Waals surface area contributed by atoms with Gasteiger partial charge >= 0.3 is 11.8 Å². The third kappa shape index (κ3) is 3.70. The zero-order valence-electron chi connectivity index (χ0n) is 13.2. The van der Waals surface area contributed by atoms with Crippen molar-refractivity contribution in [3.05, 3.63) is 59.8 Å². The normalized spacial score (nSPS) is 10.3. The molecule has 1 aromatic heterocycles. The average molecular weight is 356 g/mol. The van der Waals surface area contributed by atoms with Crippen LogP contribution in [0.1, 0.15) is 0 Å². The van der Waals surface area contributed by atoms with Crippen molar-refractivity contribution < 1.29 is 14.3 Å². The van der Waals surface area contributed by atoms with Crippen LogP contribution in [0.5, 0.6) is 5.75 Å². The predicted octanol–water partition coefficient (Wildman–Crippen LogP) is 3.47. The number of hydrogen-bond acceptors (Lipinski definition) is 4. The molecule has 3 aromatic rings. The van der Waals surface area contributed by atoms with E-state index in [2.05, 4.69) is 15.6 Å². The second kappa shape index (κ2) is 7.19. The van der Waals surface area contributed by atoms with Crippen molar-refractivity contribution in [2.75, 3.05) is 17.7 Å². The Morgan fingerprint density at radius 2 is 1.72 bits per heavy atom. The number of pyridine rings is 1. The first-order valence-electron chi connectivity index (χ1n) is 7.38. The molecule has 0 unspecified atom stereocenters. The number of fused-ring (bicyclic) bond motifs is 1. The highest BCUT2D eigenvalue weighted by atomic mass is 35.5. The van der Waals surface area contributed by atoms with Gasteiger partial charge in [-0.1, -0.05) is 29.8 Å². The number of amides is 2. The van der Waals surface area contributed by atoms with Crippen molar-refractivity contribution in [1.29, 1.82) is 0 Å². The highest BCUT2D eigenvalue weighted by molar-refractivity contribution is 6.44. The van der Waals surface area contributed by atoms with Crippen LogP contribution in [-0.4, -0.2) is 23.9 Å². The minimum absolute atomic E-state index is 0.311. The van der Waals surface area contributed by atoms with Crippen LogP contribution in [0.25, 0.3) is 10.9 Å². The van der Waals surface area contributed by atoms with Crippen LogP contribution in [0.2, 0.25) is 5.02 Å². The van der Waals surface area contributed by atoms with Crippen LogP contribution in [0.15, 0.2) is 54.7 Å². The first-order chi connectivity index (χ1) is 12.1. The van der Waals surface area contributed by atoms with Crippen molar-refractivity contribution in [1.82, 2.24) is 4.98 Å². The van der Waals surface area contributed by atoms with Gasteiger partial charge in [-0.05, 0) is 30.3 Å². The lowest BCUT2D eigenvalue weighted by Gasteiger charge is -2.11. The van der Waals surface area contributed by atoms with Gasteiger partial charge in [0.15, 0.2) is 0 Å². The number of hydrogen-bond donors (Lipinski definition) is 2. The Morgan fingerprint density at radius 3 is 2.48 bits per heavy atom. The van der Waals surface area contributed by atoms with E-state index in [0.717, 1.165) is 5.39 Å². The van der Waals surface area contributed by atoms with E-state index in [1.807, 2.05) is 12.1 Å². The fourth-order valence-electron chi connectivity index (χ4n) is 2.34. The first kappa shape index (κ1) is 16.7. The van der Waals surface area contributed by atoms with E-state index < -0.39 is 11.8 Å². The molecule has 0 atom stereocenters. The number of nitrogens with zero attached hydrogens (tertiary/aromatic N) is 1. The van der Waals surface area contributed by atoms with Crippen molar-refractivity contribution in [2.45, 2.75) is 0 Å². The van der Waals surface area contributed by atoms with Crippen LogP contribution < -0.4 is 15.4 Å². The maximum absolute atomic E-state index is 12.2. The van der Waals surface area contributed by atoms with Crippen molar-refractivity contribution in [3.8, 4) is 5.75 Å². The molecule has 3 rings (SSSR count). The maximum Gasteiger partial charge on any atom is 0.314 e. The Morgan fingerprint density at radius 1 is 1.00 bits per heavy atom. The maximum atomic E-state index is 12.2. The third-order valence-electron chi connectivity index (χ3n) is 3.50. The van der Waals surface area contributed by atoms with Gasteiger partial charge in [0.05, 0.1) is 24.0 Å². The predicted molar refractivity (Wildman–Crippen MR) is 97.0 cm³/mol.